The summed E-state index contributed by atoms with van der Waals surface area (Å²) in [7, 11) is 3.08. The van der Waals surface area contributed by atoms with Crippen molar-refractivity contribution >= 4 is 17.5 Å². The van der Waals surface area contributed by atoms with Gasteiger partial charge in [0.05, 0.1) is 25.5 Å². The third-order valence-corrected chi connectivity index (χ3v) is 5.30. The lowest BCUT2D eigenvalue weighted by Crippen LogP contribution is -2.36. The molecule has 6 heteroatoms. The van der Waals surface area contributed by atoms with Gasteiger partial charge in [0.1, 0.15) is 0 Å². The average molecular weight is 372 g/mol. The Labute approximate surface area is 160 Å². The Bertz CT molecular complexity index is 723. The number of rotatable bonds is 5. The third kappa shape index (κ3) is 4.43. The molecule has 1 N–H and O–H groups in total. The molecule has 3 rings (SSSR count). The summed E-state index contributed by atoms with van der Waals surface area (Å²) in [6.45, 7) is 1.49. The van der Waals surface area contributed by atoms with E-state index in [1.165, 1.54) is 0 Å². The minimum atomic E-state index is -0.0745. The number of likely N-dealkylation sites (tertiary alicyclic amines) is 1. The predicted octanol–water partition coefficient (Wildman–Crippen LogP) is 3.62. The molecule has 1 saturated heterocycles. The summed E-state index contributed by atoms with van der Waals surface area (Å²) >= 11 is 0. The molecule has 0 aromatic heterocycles. The largest absolute Gasteiger partial charge is 0.493 e. The summed E-state index contributed by atoms with van der Waals surface area (Å²) in [6.07, 6.45) is 9.77. The van der Waals surface area contributed by atoms with Gasteiger partial charge in [0, 0.05) is 25.1 Å². The zero-order chi connectivity index (χ0) is 19.2. The molecule has 1 aliphatic carbocycles. The van der Waals surface area contributed by atoms with E-state index in [-0.39, 0.29) is 17.7 Å². The molecule has 1 heterocycles. The molecule has 27 heavy (non-hydrogen) atoms. The van der Waals surface area contributed by atoms with Gasteiger partial charge in [-0.2, -0.15) is 0 Å². The van der Waals surface area contributed by atoms with Crippen molar-refractivity contribution in [1.82, 2.24) is 4.90 Å². The zero-order valence-electron chi connectivity index (χ0n) is 16.1. The van der Waals surface area contributed by atoms with Crippen LogP contribution in [0.4, 0.5) is 5.69 Å². The Balaban J connectivity index is 1.90. The van der Waals surface area contributed by atoms with E-state index in [9.17, 15) is 9.59 Å². The van der Waals surface area contributed by atoms with Crippen molar-refractivity contribution in [2.24, 2.45) is 5.92 Å². The molecule has 146 valence electrons. The first-order valence-corrected chi connectivity index (χ1v) is 9.65. The summed E-state index contributed by atoms with van der Waals surface area (Å²) < 4.78 is 10.7. The molecule has 1 aromatic carbocycles. The minimum Gasteiger partial charge on any atom is -0.493 e. The molecule has 0 bridgehead atoms. The molecule has 2 amide bonds. The van der Waals surface area contributed by atoms with E-state index >= 15 is 0 Å². The van der Waals surface area contributed by atoms with Crippen LogP contribution < -0.4 is 14.8 Å². The van der Waals surface area contributed by atoms with Gasteiger partial charge in [-0.15, -0.1) is 0 Å². The fraction of sp³-hybridized carbons (Fsp3) is 0.524. The molecule has 1 fully saturated rings. The summed E-state index contributed by atoms with van der Waals surface area (Å²) in [5.74, 6) is 0.776. The van der Waals surface area contributed by atoms with E-state index in [2.05, 4.69) is 11.4 Å². The molecule has 0 radical (unpaired) electrons. The number of allylic oxidation sites excluding steroid dienone is 2. The lowest BCUT2D eigenvalue weighted by molar-refractivity contribution is -0.120. The maximum absolute atomic E-state index is 13.1. The average Bonchev–Trinajstić information content (AvgIpc) is 2.74. The first kappa shape index (κ1) is 19.3. The zero-order valence-corrected chi connectivity index (χ0v) is 16.1. The van der Waals surface area contributed by atoms with Gasteiger partial charge in [0.25, 0.3) is 5.91 Å². The lowest BCUT2D eigenvalue weighted by atomic mass is 9.93. The second kappa shape index (κ2) is 8.93. The second-order valence-electron chi connectivity index (χ2n) is 7.08. The van der Waals surface area contributed by atoms with Crippen molar-refractivity contribution in [3.63, 3.8) is 0 Å². The van der Waals surface area contributed by atoms with Crippen molar-refractivity contribution in [3.05, 3.63) is 29.8 Å². The first-order chi connectivity index (χ1) is 13.1. The molecule has 1 atom stereocenters. The Kier molecular flexibility index (Phi) is 6.37. The van der Waals surface area contributed by atoms with E-state index in [1.807, 2.05) is 11.0 Å². The predicted molar refractivity (Wildman–Crippen MR) is 104 cm³/mol. The van der Waals surface area contributed by atoms with Crippen LogP contribution in [-0.2, 0) is 4.79 Å². The van der Waals surface area contributed by atoms with Gasteiger partial charge in [-0.05, 0) is 44.6 Å². The molecule has 2 aliphatic rings. The highest BCUT2D eigenvalue weighted by Gasteiger charge is 2.26. The van der Waals surface area contributed by atoms with Crippen molar-refractivity contribution in [1.29, 1.82) is 0 Å². The fourth-order valence-corrected chi connectivity index (χ4v) is 3.69. The summed E-state index contributed by atoms with van der Waals surface area (Å²) in [6, 6.07) is 3.36. The molecule has 1 aromatic rings. The van der Waals surface area contributed by atoms with Crippen molar-refractivity contribution < 1.29 is 19.1 Å². The van der Waals surface area contributed by atoms with Crippen LogP contribution in [0.15, 0.2) is 24.3 Å². The number of nitrogens with zero attached hydrogens (tertiary/aromatic N) is 1. The van der Waals surface area contributed by atoms with E-state index in [1.54, 1.807) is 26.4 Å². The van der Waals surface area contributed by atoms with Gasteiger partial charge >= 0.3 is 0 Å². The summed E-state index contributed by atoms with van der Waals surface area (Å²) in [4.78, 5) is 27.7. The number of hydrogen-bond acceptors (Lipinski definition) is 4. The van der Waals surface area contributed by atoms with Crippen LogP contribution in [0.2, 0.25) is 0 Å². The molecule has 6 nitrogen and oxygen atoms in total. The maximum Gasteiger partial charge on any atom is 0.256 e. The second-order valence-corrected chi connectivity index (χ2v) is 7.08. The van der Waals surface area contributed by atoms with Crippen molar-refractivity contribution in [2.75, 3.05) is 32.6 Å². The molecule has 0 saturated carbocycles. The molecular formula is C21H28N2O4. The van der Waals surface area contributed by atoms with Gasteiger partial charge in [-0.3, -0.25) is 9.59 Å². The fourth-order valence-electron chi connectivity index (χ4n) is 3.69. The Morgan fingerprint density at radius 3 is 2.37 bits per heavy atom. The topological polar surface area (TPSA) is 67.9 Å². The highest BCUT2D eigenvalue weighted by atomic mass is 16.5. The molecule has 1 unspecified atom stereocenters. The Hall–Kier alpha value is -2.50. The monoisotopic (exact) mass is 372 g/mol. The van der Waals surface area contributed by atoms with Crippen LogP contribution in [0, 0.1) is 5.92 Å². The van der Waals surface area contributed by atoms with Gasteiger partial charge in [0.15, 0.2) is 11.5 Å². The summed E-state index contributed by atoms with van der Waals surface area (Å²) in [5, 5.41) is 2.97. The molecule has 0 spiro atoms. The van der Waals surface area contributed by atoms with Crippen molar-refractivity contribution in [2.45, 2.75) is 38.5 Å². The number of carbonyl (C=O) groups is 2. The SMILES string of the molecule is COc1cc(NC(=O)C2CC=CCC2)c(C(=O)N2CCCCC2)cc1OC. The quantitative estimate of drug-likeness (QED) is 0.802. The van der Waals surface area contributed by atoms with Gasteiger partial charge in [0.2, 0.25) is 5.91 Å². The van der Waals surface area contributed by atoms with E-state index in [0.717, 1.165) is 51.6 Å². The van der Waals surface area contributed by atoms with Crippen LogP contribution in [0.1, 0.15) is 48.9 Å². The van der Waals surface area contributed by atoms with E-state index < -0.39 is 0 Å². The number of piperidine rings is 1. The van der Waals surface area contributed by atoms with Crippen LogP contribution >= 0.6 is 0 Å². The minimum absolute atomic E-state index is 0.0562. The van der Waals surface area contributed by atoms with Gasteiger partial charge in [-0.25, -0.2) is 0 Å². The standard InChI is InChI=1S/C21H28N2O4/c1-26-18-13-16(21(25)23-11-7-4-8-12-23)17(14-19(18)27-2)22-20(24)15-9-5-3-6-10-15/h3,5,13-15H,4,6-12H2,1-2H3,(H,22,24). The number of benzene rings is 1. The van der Waals surface area contributed by atoms with Gasteiger partial charge < -0.3 is 19.7 Å². The number of anilines is 1. The van der Waals surface area contributed by atoms with Gasteiger partial charge in [-0.1, -0.05) is 12.2 Å². The normalized spacial score (nSPS) is 19.5. The molecular weight excluding hydrogens is 344 g/mol. The highest BCUT2D eigenvalue weighted by molar-refractivity contribution is 6.05. The lowest BCUT2D eigenvalue weighted by Gasteiger charge is -2.28. The number of ether oxygens (including phenoxy) is 2. The highest BCUT2D eigenvalue weighted by Crippen LogP contribution is 2.35. The van der Waals surface area contributed by atoms with Crippen LogP contribution in [-0.4, -0.2) is 44.0 Å². The van der Waals surface area contributed by atoms with Crippen molar-refractivity contribution in [3.8, 4) is 11.5 Å². The number of amides is 2. The van der Waals surface area contributed by atoms with E-state index in [0.29, 0.717) is 22.7 Å². The van der Waals surface area contributed by atoms with Crippen LogP contribution in [0.3, 0.4) is 0 Å². The van der Waals surface area contributed by atoms with E-state index in [4.69, 9.17) is 9.47 Å². The number of nitrogens with one attached hydrogen (secondary N) is 1. The number of hydrogen-bond donors (Lipinski definition) is 1. The number of carbonyl (C=O) groups excluding carboxylic acids is 2. The Morgan fingerprint density at radius 2 is 1.74 bits per heavy atom. The van der Waals surface area contributed by atoms with Crippen LogP contribution in [0.25, 0.3) is 0 Å². The maximum atomic E-state index is 13.1. The molecule has 1 aliphatic heterocycles. The third-order valence-electron chi connectivity index (χ3n) is 5.30. The number of methoxy groups -OCH3 is 2. The first-order valence-electron chi connectivity index (χ1n) is 9.65. The smallest absolute Gasteiger partial charge is 0.256 e. The Morgan fingerprint density at radius 1 is 1.04 bits per heavy atom. The van der Waals surface area contributed by atoms with Crippen LogP contribution in [0.5, 0.6) is 11.5 Å². The summed E-state index contributed by atoms with van der Waals surface area (Å²) in [5.41, 5.74) is 0.942.